The molecule has 0 spiro atoms. The smallest absolute Gasteiger partial charge is 0.309 e. The molecule has 0 saturated heterocycles. The molecule has 0 amide bonds. The van der Waals surface area contributed by atoms with Crippen molar-refractivity contribution in [2.75, 3.05) is 19.3 Å². The molecule has 1 aromatic carbocycles. The lowest BCUT2D eigenvalue weighted by Crippen LogP contribution is -2.13. The third-order valence-corrected chi connectivity index (χ3v) is 6.69. The summed E-state index contributed by atoms with van der Waals surface area (Å²) in [5, 5.41) is 0. The summed E-state index contributed by atoms with van der Waals surface area (Å²) < 4.78 is 36.4. The average Bonchev–Trinajstić information content (AvgIpc) is 2.76. The van der Waals surface area contributed by atoms with Gasteiger partial charge in [0.2, 0.25) is 10.4 Å². The fraction of sp³-hybridized carbons (Fsp3) is 0.696. The molecule has 0 heterocycles. The van der Waals surface area contributed by atoms with Crippen LogP contribution >= 0.6 is 0 Å². The molecule has 0 aromatic heterocycles. The molecule has 0 N–H and O–H groups in total. The summed E-state index contributed by atoms with van der Waals surface area (Å²) in [4.78, 5) is 13.1. The van der Waals surface area contributed by atoms with Gasteiger partial charge in [-0.3, -0.25) is 8.98 Å². The van der Waals surface area contributed by atoms with Crippen LogP contribution in [0.2, 0.25) is 0 Å². The maximum atomic E-state index is 11.8. The number of benzene rings is 1. The lowest BCUT2D eigenvalue weighted by molar-refractivity contribution is -0.141. The lowest BCUT2D eigenvalue weighted by atomic mass is 10.1. The molecule has 0 fully saturated rings. The van der Waals surface area contributed by atoms with Crippen molar-refractivity contribution < 1.29 is 26.7 Å². The van der Waals surface area contributed by atoms with Gasteiger partial charge in [0.15, 0.2) is 4.90 Å². The molecule has 1 aromatic rings. The highest BCUT2D eigenvalue weighted by molar-refractivity contribution is 7.96. The van der Waals surface area contributed by atoms with E-state index in [1.807, 2.05) is 18.2 Å². The van der Waals surface area contributed by atoms with Crippen molar-refractivity contribution in [1.29, 1.82) is 0 Å². The molecule has 0 bridgehead atoms. The maximum absolute atomic E-state index is 11.8. The van der Waals surface area contributed by atoms with E-state index in [0.29, 0.717) is 12.4 Å². The van der Waals surface area contributed by atoms with Gasteiger partial charge in [-0.2, -0.15) is 0 Å². The van der Waals surface area contributed by atoms with E-state index in [2.05, 4.69) is 29.5 Å². The van der Waals surface area contributed by atoms with Gasteiger partial charge in [-0.15, -0.1) is 0 Å². The molecule has 0 saturated carbocycles. The van der Waals surface area contributed by atoms with Gasteiger partial charge in [-0.1, -0.05) is 89.3 Å². The van der Waals surface area contributed by atoms with E-state index in [-0.39, 0.29) is 16.9 Å². The standard InChI is InChI=1S/C22H37O2S.CH4O4S/c1-3-4-5-6-7-8-9-10-11-12-16-19-22(23)24-20-25(2)21-17-14-13-15-18-21;1-5-6(2,3)4/h13-15,17-18H,3-12,16,19-20H2,1-2H3;1H3,(H,2,3,4)/q+1;/p-1. The van der Waals surface area contributed by atoms with Crippen molar-refractivity contribution in [3.63, 3.8) is 0 Å². The fourth-order valence-corrected chi connectivity index (χ4v) is 3.95. The van der Waals surface area contributed by atoms with Crippen LogP contribution in [0.15, 0.2) is 35.2 Å². The van der Waals surface area contributed by atoms with Crippen LogP contribution in [0.25, 0.3) is 0 Å². The van der Waals surface area contributed by atoms with Gasteiger partial charge in [-0.05, 0) is 18.6 Å². The van der Waals surface area contributed by atoms with Crippen molar-refractivity contribution in [1.82, 2.24) is 0 Å². The van der Waals surface area contributed by atoms with E-state index in [9.17, 15) is 17.8 Å². The second kappa shape index (κ2) is 19.6. The Hall–Kier alpha value is -1.09. The minimum atomic E-state index is -4.41. The van der Waals surface area contributed by atoms with Gasteiger partial charge in [0, 0.05) is 6.42 Å². The van der Waals surface area contributed by atoms with Crippen LogP contribution in [-0.4, -0.2) is 38.2 Å². The summed E-state index contributed by atoms with van der Waals surface area (Å²) in [6, 6.07) is 10.3. The first-order chi connectivity index (χ1) is 14.8. The van der Waals surface area contributed by atoms with E-state index in [0.717, 1.165) is 20.0 Å². The maximum Gasteiger partial charge on any atom is 0.309 e. The van der Waals surface area contributed by atoms with Gasteiger partial charge >= 0.3 is 5.97 Å². The van der Waals surface area contributed by atoms with E-state index in [4.69, 9.17) is 4.74 Å². The second-order valence-corrected chi connectivity index (χ2v) is 10.6. The number of hydrogen-bond acceptors (Lipinski definition) is 6. The predicted molar refractivity (Wildman–Crippen MR) is 127 cm³/mol. The van der Waals surface area contributed by atoms with Crippen molar-refractivity contribution in [2.24, 2.45) is 0 Å². The normalized spacial score (nSPS) is 12.0. The zero-order valence-corrected chi connectivity index (χ0v) is 21.0. The van der Waals surface area contributed by atoms with E-state index in [1.165, 1.54) is 62.7 Å². The molecule has 0 aliphatic heterocycles. The van der Waals surface area contributed by atoms with Gasteiger partial charge in [0.1, 0.15) is 6.26 Å². The summed E-state index contributed by atoms with van der Waals surface area (Å²) in [7, 11) is -3.62. The number of esters is 1. The number of rotatable bonds is 16. The molecule has 1 atom stereocenters. The van der Waals surface area contributed by atoms with Crippen LogP contribution in [0.5, 0.6) is 0 Å². The van der Waals surface area contributed by atoms with Crippen molar-refractivity contribution in [3.8, 4) is 0 Å². The van der Waals surface area contributed by atoms with Gasteiger partial charge in [0.25, 0.3) is 5.94 Å². The SMILES string of the molecule is CCCCCCCCCCCCCC(=O)OC[S+](C)c1ccccc1.COS(=O)(=O)[O-]. The number of carbonyl (C=O) groups is 1. The number of ether oxygens (including phenoxy) is 1. The van der Waals surface area contributed by atoms with E-state index >= 15 is 0 Å². The number of hydrogen-bond donors (Lipinski definition) is 0. The molecular formula is C23H40O6S2. The van der Waals surface area contributed by atoms with Crippen LogP contribution in [-0.2, 0) is 35.0 Å². The molecule has 6 nitrogen and oxygen atoms in total. The Labute approximate surface area is 192 Å². The summed E-state index contributed by atoms with van der Waals surface area (Å²) >= 11 is 0. The molecule has 1 unspecified atom stereocenters. The molecule has 8 heteroatoms. The van der Waals surface area contributed by atoms with Crippen molar-refractivity contribution >= 4 is 27.3 Å². The second-order valence-electron chi connectivity index (χ2n) is 7.44. The molecule has 0 aliphatic carbocycles. The zero-order valence-electron chi connectivity index (χ0n) is 19.3. The van der Waals surface area contributed by atoms with Gasteiger partial charge in [-0.25, -0.2) is 8.42 Å². The van der Waals surface area contributed by atoms with Crippen LogP contribution in [0, 0.1) is 0 Å². The van der Waals surface area contributed by atoms with Gasteiger partial charge < -0.3 is 9.29 Å². The van der Waals surface area contributed by atoms with E-state index < -0.39 is 10.4 Å². The number of unbranched alkanes of at least 4 members (excludes halogenated alkanes) is 10. The summed E-state index contributed by atoms with van der Waals surface area (Å²) in [5.74, 6) is 0.479. The molecular weight excluding hydrogens is 436 g/mol. The Bertz CT molecular complexity index is 649. The van der Waals surface area contributed by atoms with Crippen LogP contribution < -0.4 is 0 Å². The third kappa shape index (κ3) is 20.6. The minimum Gasteiger partial charge on any atom is -0.726 e. The van der Waals surface area contributed by atoms with Crippen LogP contribution in [0.3, 0.4) is 0 Å². The van der Waals surface area contributed by atoms with Crippen molar-refractivity contribution in [3.05, 3.63) is 30.3 Å². The quantitative estimate of drug-likeness (QED) is 0.102. The fourth-order valence-electron chi connectivity index (χ4n) is 2.88. The van der Waals surface area contributed by atoms with Gasteiger partial charge in [0.05, 0.1) is 18.0 Å². The molecule has 0 radical (unpaired) electrons. The molecule has 0 aliphatic rings. The Balaban J connectivity index is 0.00000131. The first-order valence-electron chi connectivity index (χ1n) is 11.1. The average molecular weight is 477 g/mol. The minimum absolute atomic E-state index is 0.0133. The highest BCUT2D eigenvalue weighted by Crippen LogP contribution is 2.13. The summed E-state index contributed by atoms with van der Waals surface area (Å²) in [5.41, 5.74) is 0. The summed E-state index contributed by atoms with van der Waals surface area (Å²) in [6.07, 6.45) is 17.1. The molecule has 180 valence electrons. The Morgan fingerprint density at radius 1 is 0.903 bits per heavy atom. The molecule has 31 heavy (non-hydrogen) atoms. The van der Waals surface area contributed by atoms with Crippen molar-refractivity contribution in [2.45, 2.75) is 88.9 Å². The molecule has 1 rings (SSSR count). The highest BCUT2D eigenvalue weighted by atomic mass is 32.3. The largest absolute Gasteiger partial charge is 0.726 e. The summed E-state index contributed by atoms with van der Waals surface area (Å²) in [6.45, 7) is 2.26. The van der Waals surface area contributed by atoms with Crippen LogP contribution in [0.4, 0.5) is 0 Å². The van der Waals surface area contributed by atoms with Crippen LogP contribution in [0.1, 0.15) is 84.0 Å². The lowest BCUT2D eigenvalue weighted by Gasteiger charge is -2.05. The first kappa shape index (κ1) is 29.9. The zero-order chi connectivity index (χ0) is 23.4. The Morgan fingerprint density at radius 2 is 1.35 bits per heavy atom. The topological polar surface area (TPSA) is 92.7 Å². The third-order valence-electron chi connectivity index (χ3n) is 4.73. The Kier molecular flexibility index (Phi) is 18.9. The number of carbonyl (C=O) groups excluding carboxylic acids is 1. The highest BCUT2D eigenvalue weighted by Gasteiger charge is 2.17. The first-order valence-corrected chi connectivity index (χ1v) is 14.3. The van der Waals surface area contributed by atoms with E-state index in [1.54, 1.807) is 0 Å². The monoisotopic (exact) mass is 476 g/mol. The Morgan fingerprint density at radius 3 is 1.81 bits per heavy atom. The predicted octanol–water partition coefficient (Wildman–Crippen LogP) is 5.59.